The fourth-order valence-electron chi connectivity index (χ4n) is 8.33. The molecule has 0 saturated carbocycles. The summed E-state index contributed by atoms with van der Waals surface area (Å²) in [6.45, 7) is 6.02. The molecule has 0 saturated heterocycles. The monoisotopic (exact) mass is 745 g/mol. The van der Waals surface area contributed by atoms with Crippen molar-refractivity contribution >= 4 is 66.4 Å². The van der Waals surface area contributed by atoms with Crippen LogP contribution in [0.15, 0.2) is 213 Å². The maximum absolute atomic E-state index is 4.66. The van der Waals surface area contributed by atoms with Crippen molar-refractivity contribution < 1.29 is 0 Å². The van der Waals surface area contributed by atoms with Gasteiger partial charge >= 0.3 is 0 Å². The second-order valence-electron chi connectivity index (χ2n) is 14.3. The summed E-state index contributed by atoms with van der Waals surface area (Å²) in [5.74, 6) is 0. The molecule has 58 heavy (non-hydrogen) atoms. The summed E-state index contributed by atoms with van der Waals surface area (Å²) >= 11 is 0. The van der Waals surface area contributed by atoms with Crippen LogP contribution in [0.3, 0.4) is 0 Å². The van der Waals surface area contributed by atoms with Crippen LogP contribution < -0.4 is 4.90 Å². The summed E-state index contributed by atoms with van der Waals surface area (Å²) < 4.78 is 4.77. The summed E-state index contributed by atoms with van der Waals surface area (Å²) in [6.07, 6.45) is 11.8. The number of rotatable bonds is 9. The molecule has 10 rings (SSSR count). The molecule has 0 bridgehead atoms. The van der Waals surface area contributed by atoms with Gasteiger partial charge in [0.25, 0.3) is 0 Å². The van der Waals surface area contributed by atoms with Gasteiger partial charge < -0.3 is 14.0 Å². The van der Waals surface area contributed by atoms with E-state index in [0.717, 1.165) is 67.5 Å². The number of anilines is 3. The zero-order valence-electron chi connectivity index (χ0n) is 32.1. The first-order valence-electron chi connectivity index (χ1n) is 19.6. The largest absolute Gasteiger partial charge is 0.310 e. The first-order valence-corrected chi connectivity index (χ1v) is 19.6. The third-order valence-corrected chi connectivity index (χ3v) is 10.9. The van der Waals surface area contributed by atoms with Crippen LogP contribution in [0.2, 0.25) is 0 Å². The number of nitrogens with zero attached hydrogens (tertiary/aromatic N) is 5. The van der Waals surface area contributed by atoms with Gasteiger partial charge in [0.2, 0.25) is 0 Å². The zero-order chi connectivity index (χ0) is 39.0. The Bertz CT molecular complexity index is 3100. The fourth-order valence-corrected chi connectivity index (χ4v) is 8.33. The van der Waals surface area contributed by atoms with Crippen LogP contribution in [-0.2, 0) is 0 Å². The molecule has 0 aliphatic heterocycles. The maximum Gasteiger partial charge on any atom is 0.0702 e. The molecule has 5 heteroatoms. The molecule has 5 nitrogen and oxygen atoms in total. The van der Waals surface area contributed by atoms with Crippen molar-refractivity contribution in [2.45, 2.75) is 6.92 Å². The van der Waals surface area contributed by atoms with Crippen LogP contribution in [0.25, 0.3) is 77.5 Å². The van der Waals surface area contributed by atoms with E-state index in [9.17, 15) is 0 Å². The predicted molar refractivity (Wildman–Crippen MR) is 244 cm³/mol. The van der Waals surface area contributed by atoms with E-state index in [1.807, 2.05) is 48.8 Å². The highest BCUT2D eigenvalue weighted by Crippen LogP contribution is 2.42. The Balaban J connectivity index is 1.16. The molecule has 0 radical (unpaired) electrons. The number of pyridine rings is 2. The van der Waals surface area contributed by atoms with Crippen LogP contribution in [-0.4, -0.2) is 19.1 Å². The molecule has 0 N–H and O–H groups in total. The molecule has 0 aliphatic rings. The lowest BCUT2D eigenvalue weighted by atomic mass is 10.1. The second-order valence-corrected chi connectivity index (χ2v) is 14.3. The lowest BCUT2D eigenvalue weighted by Gasteiger charge is -2.26. The van der Waals surface area contributed by atoms with Crippen LogP contribution in [0.5, 0.6) is 0 Å². The summed E-state index contributed by atoms with van der Waals surface area (Å²) in [6, 6.07) is 60.3. The predicted octanol–water partition coefficient (Wildman–Crippen LogP) is 14.1. The summed E-state index contributed by atoms with van der Waals surface area (Å²) in [5.41, 5.74) is 13.9. The first kappa shape index (κ1) is 34.7. The highest BCUT2D eigenvalue weighted by Gasteiger charge is 2.20. The fraction of sp³-hybridized carbons (Fsp3) is 0.0189. The van der Waals surface area contributed by atoms with Crippen molar-refractivity contribution in [3.05, 3.63) is 213 Å². The van der Waals surface area contributed by atoms with E-state index >= 15 is 0 Å². The van der Waals surface area contributed by atoms with Crippen molar-refractivity contribution in [3.8, 4) is 28.2 Å². The molecule has 0 unspecified atom stereocenters. The Hall–Kier alpha value is -7.76. The third-order valence-electron chi connectivity index (χ3n) is 10.9. The van der Waals surface area contributed by atoms with E-state index < -0.39 is 0 Å². The maximum atomic E-state index is 4.66. The average Bonchev–Trinajstić information content (AvgIpc) is 3.79. The number of para-hydroxylation sites is 2. The van der Waals surface area contributed by atoms with Crippen molar-refractivity contribution in [1.29, 1.82) is 0 Å². The number of hydrogen-bond donors (Lipinski definition) is 0. The smallest absolute Gasteiger partial charge is 0.0702 e. The van der Waals surface area contributed by atoms with Gasteiger partial charge in [0.05, 0.1) is 33.5 Å². The van der Waals surface area contributed by atoms with Gasteiger partial charge in [-0.2, -0.15) is 0 Å². The molecule has 4 aromatic heterocycles. The Kier molecular flexibility index (Phi) is 8.81. The third kappa shape index (κ3) is 5.97. The minimum atomic E-state index is 0.930. The van der Waals surface area contributed by atoms with Crippen molar-refractivity contribution in [2.75, 3.05) is 4.90 Å². The zero-order valence-corrected chi connectivity index (χ0v) is 32.1. The lowest BCUT2D eigenvalue weighted by Crippen LogP contribution is -2.10. The second kappa shape index (κ2) is 14.7. The van der Waals surface area contributed by atoms with E-state index in [-0.39, 0.29) is 0 Å². The number of aromatic nitrogens is 4. The average molecular weight is 746 g/mol. The highest BCUT2D eigenvalue weighted by molar-refractivity contribution is 6.19. The molecular weight excluding hydrogens is 707 g/mol. The van der Waals surface area contributed by atoms with Crippen molar-refractivity contribution in [3.63, 3.8) is 0 Å². The molecular formula is C53H39N5. The normalized spacial score (nSPS) is 12.0. The first-order chi connectivity index (χ1) is 28.7. The highest BCUT2D eigenvalue weighted by atomic mass is 15.1. The van der Waals surface area contributed by atoms with Gasteiger partial charge in [0.15, 0.2) is 0 Å². The van der Waals surface area contributed by atoms with Crippen LogP contribution in [0.1, 0.15) is 6.92 Å². The molecule has 0 aliphatic carbocycles. The van der Waals surface area contributed by atoms with Crippen LogP contribution in [0, 0.1) is 0 Å². The molecule has 0 atom stereocenters. The van der Waals surface area contributed by atoms with Gasteiger partial charge in [0, 0.05) is 73.5 Å². The summed E-state index contributed by atoms with van der Waals surface area (Å²) in [5, 5.41) is 4.89. The number of benzene rings is 6. The number of hydrogen-bond acceptors (Lipinski definition) is 3. The van der Waals surface area contributed by atoms with Gasteiger partial charge in [-0.1, -0.05) is 97.6 Å². The van der Waals surface area contributed by atoms with E-state index in [4.69, 9.17) is 0 Å². The van der Waals surface area contributed by atoms with Crippen LogP contribution >= 0.6 is 0 Å². The summed E-state index contributed by atoms with van der Waals surface area (Å²) in [4.78, 5) is 11.6. The standard InChI is InChI=1S/C53H39N5/c1-3-5-18-39(4-2)57-50-25-8-6-21-44(50)46-35-47-45-22-7-9-26-51(45)58(53(47)36-52(46)57)41-29-27-40(28-30-41)56(42-19-14-16-37(33-42)48-23-10-12-31-54-48)43-20-15-17-38(34-43)49-24-11-13-32-55-49/h3-36H,1H2,2H3/b18-5-,39-4+. The molecule has 6 aromatic carbocycles. The van der Waals surface area contributed by atoms with Gasteiger partial charge in [-0.25, -0.2) is 0 Å². The SMILES string of the molecule is C=C/C=C\C(=C/C)n1c2ccccc2c2cc3c4ccccc4n(-c4ccc(N(c5cccc(-c6ccccn6)c5)c5cccc(-c6ccccn6)c5)cc4)c3cc21. The molecule has 0 amide bonds. The van der Waals surface area contributed by atoms with E-state index in [1.54, 1.807) is 0 Å². The van der Waals surface area contributed by atoms with Gasteiger partial charge in [0.1, 0.15) is 0 Å². The number of allylic oxidation sites excluding steroid dienone is 5. The van der Waals surface area contributed by atoms with E-state index in [1.165, 1.54) is 27.1 Å². The van der Waals surface area contributed by atoms with Crippen molar-refractivity contribution in [2.24, 2.45) is 0 Å². The van der Waals surface area contributed by atoms with Gasteiger partial charge in [-0.05, 0) is 110 Å². The van der Waals surface area contributed by atoms with E-state index in [0.29, 0.717) is 0 Å². The Morgan fingerprint density at radius 3 is 1.71 bits per heavy atom. The van der Waals surface area contributed by atoms with E-state index in [2.05, 4.69) is 195 Å². The molecule has 10 aromatic rings. The molecule has 4 heterocycles. The van der Waals surface area contributed by atoms with Gasteiger partial charge in [-0.3, -0.25) is 9.97 Å². The molecule has 0 spiro atoms. The molecule has 276 valence electrons. The molecule has 0 fully saturated rings. The minimum Gasteiger partial charge on any atom is -0.310 e. The number of fused-ring (bicyclic) bond motifs is 6. The van der Waals surface area contributed by atoms with Gasteiger partial charge in [-0.15, -0.1) is 0 Å². The summed E-state index contributed by atoms with van der Waals surface area (Å²) in [7, 11) is 0. The Morgan fingerprint density at radius 2 is 1.10 bits per heavy atom. The Morgan fingerprint density at radius 1 is 0.517 bits per heavy atom. The van der Waals surface area contributed by atoms with Crippen molar-refractivity contribution in [1.82, 2.24) is 19.1 Å². The van der Waals surface area contributed by atoms with Crippen LogP contribution in [0.4, 0.5) is 17.1 Å². The topological polar surface area (TPSA) is 38.9 Å². The quantitative estimate of drug-likeness (QED) is 0.138. The minimum absolute atomic E-state index is 0.930. The Labute approximate surface area is 337 Å². The lowest BCUT2D eigenvalue weighted by molar-refractivity contribution is 1.17.